The van der Waals surface area contributed by atoms with Gasteiger partial charge in [-0.25, -0.2) is 9.59 Å². The van der Waals surface area contributed by atoms with E-state index < -0.39 is 25.5 Å². The first kappa shape index (κ1) is 20.2. The average Bonchev–Trinajstić information content (AvgIpc) is 2.57. The molecule has 8 heteroatoms. The van der Waals surface area contributed by atoms with Gasteiger partial charge in [-0.15, -0.1) is 0 Å². The van der Waals surface area contributed by atoms with Gasteiger partial charge >= 0.3 is 12.1 Å². The largest absolute Gasteiger partial charge is 0.467 e. The van der Waals surface area contributed by atoms with Gasteiger partial charge in [-0.1, -0.05) is 30.3 Å². The molecule has 0 heterocycles. The smallest absolute Gasteiger partial charge is 0.408 e. The fraction of sp³-hybridized carbons (Fsp3) is 0.500. The van der Waals surface area contributed by atoms with Crippen LogP contribution in [0.4, 0.5) is 4.79 Å². The summed E-state index contributed by atoms with van der Waals surface area (Å²) in [4.78, 5) is 23.6. The second kappa shape index (κ2) is 10.1. The van der Waals surface area contributed by atoms with Crippen LogP contribution in [0.2, 0.25) is 0 Å². The molecule has 134 valence electrons. The van der Waals surface area contributed by atoms with Gasteiger partial charge in [-0.2, -0.15) is 0 Å². The Kier molecular flexibility index (Phi) is 8.50. The third-order valence-electron chi connectivity index (χ3n) is 3.22. The van der Waals surface area contributed by atoms with Crippen molar-refractivity contribution < 1.29 is 28.2 Å². The molecule has 1 amide bonds. The van der Waals surface area contributed by atoms with Crippen molar-refractivity contribution in [3.05, 3.63) is 35.9 Å². The molecule has 0 spiro atoms. The van der Waals surface area contributed by atoms with E-state index in [0.29, 0.717) is 6.61 Å². The van der Waals surface area contributed by atoms with E-state index in [1.165, 1.54) is 13.8 Å². The van der Waals surface area contributed by atoms with E-state index in [1.54, 1.807) is 6.92 Å². The summed E-state index contributed by atoms with van der Waals surface area (Å²) in [7, 11) is -1.58. The number of ether oxygens (including phenoxy) is 2. The zero-order valence-electron chi connectivity index (χ0n) is 14.2. The third-order valence-corrected chi connectivity index (χ3v) is 5.09. The summed E-state index contributed by atoms with van der Waals surface area (Å²) in [5.74, 6) is -0.622. The highest BCUT2D eigenvalue weighted by atomic mass is 31.2. The van der Waals surface area contributed by atoms with Gasteiger partial charge in [-0.3, -0.25) is 4.57 Å². The second-order valence-electron chi connectivity index (χ2n) is 5.23. The van der Waals surface area contributed by atoms with Crippen molar-refractivity contribution in [2.75, 3.05) is 26.5 Å². The molecule has 2 atom stereocenters. The maximum absolute atomic E-state index is 12.1. The van der Waals surface area contributed by atoms with Crippen LogP contribution in [0.3, 0.4) is 0 Å². The van der Waals surface area contributed by atoms with Gasteiger partial charge < -0.3 is 19.3 Å². The van der Waals surface area contributed by atoms with Crippen LogP contribution in [0.25, 0.3) is 0 Å². The monoisotopic (exact) mass is 357 g/mol. The number of carbonyl (C=O) groups excluding carboxylic acids is 2. The summed E-state index contributed by atoms with van der Waals surface area (Å²) in [5.41, 5.74) is 0.830. The van der Waals surface area contributed by atoms with Crippen LogP contribution in [-0.2, 0) is 30.0 Å². The Labute approximate surface area is 142 Å². The topological polar surface area (TPSA) is 90.9 Å². The molecule has 0 aliphatic rings. The number of nitrogens with one attached hydrogen (secondary N) is 1. The van der Waals surface area contributed by atoms with Crippen molar-refractivity contribution >= 4 is 19.4 Å². The van der Waals surface area contributed by atoms with Crippen LogP contribution < -0.4 is 5.32 Å². The molecule has 24 heavy (non-hydrogen) atoms. The normalized spacial score (nSPS) is 14.3. The molecule has 7 nitrogen and oxygen atoms in total. The van der Waals surface area contributed by atoms with Crippen molar-refractivity contribution in [3.63, 3.8) is 0 Å². The number of amides is 1. The molecule has 1 aromatic carbocycles. The average molecular weight is 357 g/mol. The molecule has 0 aliphatic carbocycles. The SMILES string of the molecule is CCOP(C)(=O)CC[C@H](NC(=O)OCc1ccccc1)C(=O)OC. The molecule has 0 saturated carbocycles. The zero-order valence-corrected chi connectivity index (χ0v) is 15.1. The minimum atomic E-state index is -2.80. The Bertz CT molecular complexity index is 577. The van der Waals surface area contributed by atoms with Crippen LogP contribution in [-0.4, -0.2) is 44.6 Å². The number of methoxy groups -OCH3 is 1. The van der Waals surface area contributed by atoms with Gasteiger partial charge in [0.05, 0.1) is 13.7 Å². The van der Waals surface area contributed by atoms with E-state index in [9.17, 15) is 14.2 Å². The molecule has 0 aromatic heterocycles. The first-order chi connectivity index (χ1) is 11.4. The highest BCUT2D eigenvalue weighted by Crippen LogP contribution is 2.43. The van der Waals surface area contributed by atoms with Crippen LogP contribution in [0.15, 0.2) is 30.3 Å². The minimum Gasteiger partial charge on any atom is -0.467 e. The molecule has 0 aliphatic heterocycles. The van der Waals surface area contributed by atoms with Crippen molar-refractivity contribution in [2.45, 2.75) is 26.0 Å². The molecule has 0 bridgehead atoms. The fourth-order valence-electron chi connectivity index (χ4n) is 2.00. The van der Waals surface area contributed by atoms with Crippen molar-refractivity contribution in [1.29, 1.82) is 0 Å². The highest BCUT2D eigenvalue weighted by Gasteiger charge is 2.26. The molecule has 1 rings (SSSR count). The van der Waals surface area contributed by atoms with Crippen molar-refractivity contribution in [1.82, 2.24) is 5.32 Å². The van der Waals surface area contributed by atoms with Gasteiger partial charge in [-0.05, 0) is 18.9 Å². The van der Waals surface area contributed by atoms with Gasteiger partial charge in [0.25, 0.3) is 0 Å². The van der Waals surface area contributed by atoms with E-state index >= 15 is 0 Å². The number of alkyl carbamates (subject to hydrolysis) is 1. The lowest BCUT2D eigenvalue weighted by Gasteiger charge is -2.19. The van der Waals surface area contributed by atoms with Gasteiger partial charge in [0.1, 0.15) is 12.6 Å². The Morgan fingerprint density at radius 1 is 1.25 bits per heavy atom. The quantitative estimate of drug-likeness (QED) is 0.540. The van der Waals surface area contributed by atoms with Crippen LogP contribution in [0.5, 0.6) is 0 Å². The number of esters is 1. The zero-order chi connectivity index (χ0) is 18.0. The Hall–Kier alpha value is -1.85. The van der Waals surface area contributed by atoms with Gasteiger partial charge in [0.15, 0.2) is 7.37 Å². The highest BCUT2D eigenvalue weighted by molar-refractivity contribution is 7.58. The number of rotatable bonds is 9. The fourth-order valence-corrected chi connectivity index (χ4v) is 3.40. The number of benzene rings is 1. The molecule has 1 N–H and O–H groups in total. The molecule has 0 radical (unpaired) electrons. The van der Waals surface area contributed by atoms with Crippen molar-refractivity contribution in [3.8, 4) is 0 Å². The Morgan fingerprint density at radius 3 is 2.50 bits per heavy atom. The minimum absolute atomic E-state index is 0.0891. The summed E-state index contributed by atoms with van der Waals surface area (Å²) in [5, 5.41) is 2.44. The first-order valence-corrected chi connectivity index (χ1v) is 9.89. The Morgan fingerprint density at radius 2 is 1.92 bits per heavy atom. The summed E-state index contributed by atoms with van der Waals surface area (Å²) in [6, 6.07) is 8.23. The van der Waals surface area contributed by atoms with E-state index in [-0.39, 0.29) is 19.2 Å². The van der Waals surface area contributed by atoms with E-state index in [4.69, 9.17) is 9.26 Å². The summed E-state index contributed by atoms with van der Waals surface area (Å²) >= 11 is 0. The van der Waals surface area contributed by atoms with Crippen LogP contribution in [0, 0.1) is 0 Å². The Balaban J connectivity index is 2.54. The summed E-state index contributed by atoms with van der Waals surface area (Å²) < 4.78 is 27.0. The van der Waals surface area contributed by atoms with E-state index in [0.717, 1.165) is 5.56 Å². The molecular weight excluding hydrogens is 333 g/mol. The van der Waals surface area contributed by atoms with E-state index in [2.05, 4.69) is 10.1 Å². The number of hydrogen-bond donors (Lipinski definition) is 1. The second-order valence-corrected chi connectivity index (χ2v) is 7.96. The van der Waals surface area contributed by atoms with Crippen LogP contribution >= 0.6 is 7.37 Å². The maximum atomic E-state index is 12.1. The predicted octanol–water partition coefficient (Wildman–Crippen LogP) is 2.79. The molecule has 0 fully saturated rings. The summed E-state index contributed by atoms with van der Waals surface area (Å²) in [6.07, 6.45) is -0.447. The molecule has 1 unspecified atom stereocenters. The van der Waals surface area contributed by atoms with Gasteiger partial charge in [0, 0.05) is 12.8 Å². The van der Waals surface area contributed by atoms with Gasteiger partial charge in [0.2, 0.25) is 0 Å². The lowest BCUT2D eigenvalue weighted by molar-refractivity contribution is -0.143. The van der Waals surface area contributed by atoms with Crippen molar-refractivity contribution in [2.24, 2.45) is 0 Å². The molecular formula is C16H24NO6P. The van der Waals surface area contributed by atoms with E-state index in [1.807, 2.05) is 30.3 Å². The van der Waals surface area contributed by atoms with Crippen LogP contribution in [0.1, 0.15) is 18.9 Å². The molecule has 1 aromatic rings. The number of carbonyl (C=O) groups is 2. The third kappa shape index (κ3) is 7.62. The standard InChI is InChI=1S/C16H24NO6P/c1-4-23-24(3,20)11-10-14(15(18)21-2)17-16(19)22-12-13-8-6-5-7-9-13/h5-9,14H,4,10-12H2,1-3H3,(H,17,19)/t14-,24?/m0/s1. The lowest BCUT2D eigenvalue weighted by atomic mass is 10.2. The molecule has 0 saturated heterocycles. The number of hydrogen-bond acceptors (Lipinski definition) is 6. The lowest BCUT2D eigenvalue weighted by Crippen LogP contribution is -2.42. The summed E-state index contributed by atoms with van der Waals surface area (Å²) in [6.45, 7) is 3.65. The predicted molar refractivity (Wildman–Crippen MR) is 90.2 cm³/mol. The maximum Gasteiger partial charge on any atom is 0.408 e. The first-order valence-electron chi connectivity index (χ1n) is 7.64.